The van der Waals surface area contributed by atoms with E-state index >= 15 is 0 Å². The van der Waals surface area contributed by atoms with Crippen molar-refractivity contribution in [2.45, 2.75) is 39.2 Å². The van der Waals surface area contributed by atoms with Crippen LogP contribution in [-0.4, -0.2) is 17.1 Å². The average molecular weight is 265 g/mol. The van der Waals surface area contributed by atoms with Crippen molar-refractivity contribution in [3.05, 3.63) is 29.6 Å². The normalized spacial score (nSPS) is 27.0. The maximum absolute atomic E-state index is 13.6. The number of carbonyl (C=O) groups is 1. The van der Waals surface area contributed by atoms with Crippen molar-refractivity contribution in [1.29, 1.82) is 0 Å². The molecule has 0 heterocycles. The fraction of sp³-hybridized carbons (Fsp3) is 0.533. The number of halogens is 1. The van der Waals surface area contributed by atoms with E-state index in [4.69, 9.17) is 5.11 Å². The summed E-state index contributed by atoms with van der Waals surface area (Å²) in [6.07, 6.45) is 3.33. The fourth-order valence-corrected chi connectivity index (χ4v) is 2.69. The number of aromatic carboxylic acids is 1. The molecule has 2 N–H and O–H groups in total. The lowest BCUT2D eigenvalue weighted by Crippen LogP contribution is -2.30. The van der Waals surface area contributed by atoms with Crippen LogP contribution in [0, 0.1) is 17.7 Å². The first-order valence-corrected chi connectivity index (χ1v) is 6.76. The van der Waals surface area contributed by atoms with E-state index in [-0.39, 0.29) is 5.56 Å². The zero-order chi connectivity index (χ0) is 14.0. The summed E-state index contributed by atoms with van der Waals surface area (Å²) in [5.41, 5.74) is 0.380. The molecule has 2 rings (SSSR count). The van der Waals surface area contributed by atoms with Crippen LogP contribution in [0.4, 0.5) is 10.1 Å². The fourth-order valence-electron chi connectivity index (χ4n) is 2.69. The monoisotopic (exact) mass is 265 g/mol. The minimum Gasteiger partial charge on any atom is -0.478 e. The Kier molecular flexibility index (Phi) is 4.08. The first-order chi connectivity index (χ1) is 8.97. The summed E-state index contributed by atoms with van der Waals surface area (Å²) >= 11 is 0. The Hall–Kier alpha value is -1.58. The molecule has 0 saturated heterocycles. The van der Waals surface area contributed by atoms with Crippen molar-refractivity contribution in [1.82, 2.24) is 0 Å². The third-order valence-electron chi connectivity index (χ3n) is 4.17. The van der Waals surface area contributed by atoms with Gasteiger partial charge in [0.1, 0.15) is 5.82 Å². The molecule has 3 atom stereocenters. The summed E-state index contributed by atoms with van der Waals surface area (Å²) < 4.78 is 13.6. The molecule has 0 aromatic heterocycles. The Labute approximate surface area is 112 Å². The number of anilines is 1. The minimum absolute atomic E-state index is 0.281. The van der Waals surface area contributed by atoms with Gasteiger partial charge in [0.25, 0.3) is 0 Å². The molecule has 1 saturated carbocycles. The number of hydrogen-bond donors (Lipinski definition) is 2. The predicted octanol–water partition coefficient (Wildman–Crippen LogP) is 3.76. The van der Waals surface area contributed by atoms with Crippen LogP contribution >= 0.6 is 0 Å². The number of carboxylic acids is 1. The van der Waals surface area contributed by atoms with Gasteiger partial charge in [-0.3, -0.25) is 0 Å². The van der Waals surface area contributed by atoms with E-state index in [0.717, 1.165) is 18.8 Å². The van der Waals surface area contributed by atoms with Gasteiger partial charge in [-0.15, -0.1) is 0 Å². The lowest BCUT2D eigenvalue weighted by Gasteiger charge is -2.33. The van der Waals surface area contributed by atoms with Crippen LogP contribution in [0.2, 0.25) is 0 Å². The number of hydrogen-bond acceptors (Lipinski definition) is 2. The van der Waals surface area contributed by atoms with Gasteiger partial charge in [0.05, 0.1) is 5.56 Å². The van der Waals surface area contributed by atoms with Gasteiger partial charge in [-0.2, -0.15) is 0 Å². The summed E-state index contributed by atoms with van der Waals surface area (Å²) in [6.45, 7) is 4.51. The smallest absolute Gasteiger partial charge is 0.338 e. The van der Waals surface area contributed by atoms with Crippen LogP contribution in [0.15, 0.2) is 18.2 Å². The lowest BCUT2D eigenvalue weighted by atomic mass is 9.79. The maximum atomic E-state index is 13.6. The molecule has 1 fully saturated rings. The van der Waals surface area contributed by atoms with E-state index < -0.39 is 11.8 Å². The Morgan fingerprint density at radius 3 is 2.63 bits per heavy atom. The van der Waals surface area contributed by atoms with Crippen LogP contribution in [0.1, 0.15) is 43.5 Å². The van der Waals surface area contributed by atoms with E-state index in [9.17, 15) is 9.18 Å². The van der Waals surface area contributed by atoms with Crippen LogP contribution in [-0.2, 0) is 0 Å². The molecule has 0 bridgehead atoms. The van der Waals surface area contributed by atoms with Gasteiger partial charge < -0.3 is 10.4 Å². The zero-order valence-electron chi connectivity index (χ0n) is 11.3. The number of rotatable bonds is 3. The minimum atomic E-state index is -1.23. The Bertz CT molecular complexity index is 475. The Balaban J connectivity index is 2.04. The van der Waals surface area contributed by atoms with E-state index in [1.54, 1.807) is 6.07 Å². The molecule has 1 aliphatic rings. The van der Waals surface area contributed by atoms with E-state index in [2.05, 4.69) is 19.2 Å². The van der Waals surface area contributed by atoms with E-state index in [1.165, 1.54) is 18.6 Å². The molecule has 0 amide bonds. The molecule has 19 heavy (non-hydrogen) atoms. The van der Waals surface area contributed by atoms with E-state index in [0.29, 0.717) is 17.6 Å². The predicted molar refractivity (Wildman–Crippen MR) is 72.9 cm³/mol. The number of benzene rings is 1. The van der Waals surface area contributed by atoms with Gasteiger partial charge >= 0.3 is 5.97 Å². The van der Waals surface area contributed by atoms with E-state index in [1.807, 2.05) is 0 Å². The third-order valence-corrected chi connectivity index (χ3v) is 4.17. The summed E-state index contributed by atoms with van der Waals surface area (Å²) in [5.74, 6) is -0.516. The van der Waals surface area contributed by atoms with Crippen molar-refractivity contribution in [3.63, 3.8) is 0 Å². The molecule has 1 aromatic rings. The maximum Gasteiger partial charge on any atom is 0.338 e. The molecule has 1 aliphatic carbocycles. The van der Waals surface area contributed by atoms with Crippen molar-refractivity contribution in [3.8, 4) is 0 Å². The molecule has 0 aliphatic heterocycles. The van der Waals surface area contributed by atoms with Crippen molar-refractivity contribution < 1.29 is 14.3 Å². The van der Waals surface area contributed by atoms with Gasteiger partial charge in [-0.05, 0) is 49.3 Å². The molecule has 4 heteroatoms. The first-order valence-electron chi connectivity index (χ1n) is 6.76. The second-order valence-corrected chi connectivity index (χ2v) is 5.61. The van der Waals surface area contributed by atoms with Crippen LogP contribution < -0.4 is 5.32 Å². The Morgan fingerprint density at radius 2 is 2.05 bits per heavy atom. The van der Waals surface area contributed by atoms with Crippen molar-refractivity contribution >= 4 is 11.7 Å². The van der Waals surface area contributed by atoms with Crippen LogP contribution in [0.5, 0.6) is 0 Å². The first kappa shape index (κ1) is 13.8. The number of nitrogens with one attached hydrogen (secondary N) is 1. The van der Waals surface area contributed by atoms with Crippen LogP contribution in [0.3, 0.4) is 0 Å². The zero-order valence-corrected chi connectivity index (χ0v) is 11.3. The molecule has 3 unspecified atom stereocenters. The highest BCUT2D eigenvalue weighted by Crippen LogP contribution is 2.31. The summed E-state index contributed by atoms with van der Waals surface area (Å²) in [6, 6.07) is 4.57. The lowest BCUT2D eigenvalue weighted by molar-refractivity contribution is 0.0692. The standard InChI is InChI=1S/C15H20FNO2/c1-9-3-4-11(7-10(9)2)17-12-5-6-13(15(18)19)14(16)8-12/h5-6,8-11,17H,3-4,7H2,1-2H3,(H,18,19). The highest BCUT2D eigenvalue weighted by Gasteiger charge is 2.24. The molecule has 0 spiro atoms. The summed E-state index contributed by atoms with van der Waals surface area (Å²) in [4.78, 5) is 10.7. The Morgan fingerprint density at radius 1 is 1.32 bits per heavy atom. The molecule has 104 valence electrons. The topological polar surface area (TPSA) is 49.3 Å². The van der Waals surface area contributed by atoms with Gasteiger partial charge in [-0.1, -0.05) is 13.8 Å². The van der Waals surface area contributed by atoms with Crippen molar-refractivity contribution in [2.75, 3.05) is 5.32 Å². The van der Waals surface area contributed by atoms with Crippen molar-refractivity contribution in [2.24, 2.45) is 11.8 Å². The molecule has 0 radical (unpaired) electrons. The molecule has 3 nitrogen and oxygen atoms in total. The molecule has 1 aromatic carbocycles. The number of carboxylic acid groups (broad SMARTS) is 1. The molecular weight excluding hydrogens is 245 g/mol. The van der Waals surface area contributed by atoms with Gasteiger partial charge in [0.15, 0.2) is 0 Å². The largest absolute Gasteiger partial charge is 0.478 e. The second-order valence-electron chi connectivity index (χ2n) is 5.61. The van der Waals surface area contributed by atoms with Crippen LogP contribution in [0.25, 0.3) is 0 Å². The average Bonchev–Trinajstić information content (AvgIpc) is 2.33. The van der Waals surface area contributed by atoms with Gasteiger partial charge in [0.2, 0.25) is 0 Å². The SMILES string of the molecule is CC1CCC(Nc2ccc(C(=O)O)c(F)c2)CC1C. The third kappa shape index (κ3) is 3.25. The second kappa shape index (κ2) is 5.59. The highest BCUT2D eigenvalue weighted by molar-refractivity contribution is 5.88. The quantitative estimate of drug-likeness (QED) is 0.874. The van der Waals surface area contributed by atoms with Gasteiger partial charge in [0, 0.05) is 11.7 Å². The molecular formula is C15H20FNO2. The van der Waals surface area contributed by atoms with Gasteiger partial charge in [-0.25, -0.2) is 9.18 Å². The summed E-state index contributed by atoms with van der Waals surface area (Å²) in [5, 5.41) is 12.1. The summed E-state index contributed by atoms with van der Waals surface area (Å²) in [7, 11) is 0. The highest BCUT2D eigenvalue weighted by atomic mass is 19.1.